The molecular weight excluding hydrogens is 316 g/mol. The van der Waals surface area contributed by atoms with E-state index in [1.165, 1.54) is 11.3 Å². The molecule has 0 atom stereocenters. The van der Waals surface area contributed by atoms with Crippen LogP contribution in [-0.2, 0) is 22.6 Å². The van der Waals surface area contributed by atoms with Gasteiger partial charge in [-0.1, -0.05) is 5.16 Å². The third kappa shape index (κ3) is 4.16. The zero-order valence-corrected chi connectivity index (χ0v) is 13.9. The largest absolute Gasteiger partial charge is 0.361 e. The van der Waals surface area contributed by atoms with Crippen LogP contribution in [0.25, 0.3) is 0 Å². The SMILES string of the molecule is Cc1cc(CN(C)C(=O)Cc2csc(NC(=O)C3CC3)n2)no1. The summed E-state index contributed by atoms with van der Waals surface area (Å²) in [5, 5.41) is 9.02. The maximum absolute atomic E-state index is 12.2. The average molecular weight is 334 g/mol. The standard InChI is InChI=1S/C15H18N4O3S/c1-9-5-11(18-22-9)7-19(2)13(20)6-12-8-23-15(16-12)17-14(21)10-3-4-10/h5,8,10H,3-4,6-7H2,1-2H3,(H,16,17,21). The number of aromatic nitrogens is 2. The number of carbonyl (C=O) groups is 2. The molecule has 0 saturated heterocycles. The van der Waals surface area contributed by atoms with Crippen molar-refractivity contribution in [1.82, 2.24) is 15.0 Å². The van der Waals surface area contributed by atoms with Gasteiger partial charge in [0.25, 0.3) is 0 Å². The smallest absolute Gasteiger partial charge is 0.229 e. The average Bonchev–Trinajstić information content (AvgIpc) is 3.16. The number of thiazole rings is 1. The Bertz CT molecular complexity index is 720. The quantitative estimate of drug-likeness (QED) is 0.873. The summed E-state index contributed by atoms with van der Waals surface area (Å²) in [5.74, 6) is 0.823. The zero-order valence-electron chi connectivity index (χ0n) is 13.0. The minimum absolute atomic E-state index is 0.0238. The van der Waals surface area contributed by atoms with Gasteiger partial charge in [0.2, 0.25) is 11.8 Å². The molecule has 0 unspecified atom stereocenters. The molecule has 0 spiro atoms. The van der Waals surface area contributed by atoms with Gasteiger partial charge in [-0.3, -0.25) is 9.59 Å². The van der Waals surface area contributed by atoms with Crippen LogP contribution in [0.4, 0.5) is 5.13 Å². The van der Waals surface area contributed by atoms with Crippen molar-refractivity contribution in [3.05, 3.63) is 28.6 Å². The van der Waals surface area contributed by atoms with Crippen molar-refractivity contribution in [3.63, 3.8) is 0 Å². The molecule has 1 N–H and O–H groups in total. The molecule has 8 heteroatoms. The van der Waals surface area contributed by atoms with Crippen molar-refractivity contribution in [2.24, 2.45) is 5.92 Å². The van der Waals surface area contributed by atoms with Crippen LogP contribution in [0.2, 0.25) is 0 Å². The fourth-order valence-corrected chi connectivity index (χ4v) is 2.83. The highest BCUT2D eigenvalue weighted by atomic mass is 32.1. The molecule has 2 heterocycles. The van der Waals surface area contributed by atoms with Crippen molar-refractivity contribution >= 4 is 28.3 Å². The molecule has 2 amide bonds. The molecule has 1 saturated carbocycles. The Balaban J connectivity index is 1.52. The van der Waals surface area contributed by atoms with Crippen LogP contribution in [0.1, 0.15) is 30.0 Å². The van der Waals surface area contributed by atoms with Crippen molar-refractivity contribution in [2.45, 2.75) is 32.7 Å². The molecule has 7 nitrogen and oxygen atoms in total. The molecule has 122 valence electrons. The fraction of sp³-hybridized carbons (Fsp3) is 0.467. The summed E-state index contributed by atoms with van der Waals surface area (Å²) in [6, 6.07) is 1.80. The van der Waals surface area contributed by atoms with Crippen molar-refractivity contribution < 1.29 is 14.1 Å². The number of likely N-dealkylation sites (N-methyl/N-ethyl adjacent to an activating group) is 1. The lowest BCUT2D eigenvalue weighted by molar-refractivity contribution is -0.129. The van der Waals surface area contributed by atoms with Crippen LogP contribution in [0.15, 0.2) is 16.0 Å². The second-order valence-corrected chi connectivity index (χ2v) is 6.62. The third-order valence-corrected chi connectivity index (χ3v) is 4.37. The van der Waals surface area contributed by atoms with E-state index >= 15 is 0 Å². The maximum Gasteiger partial charge on any atom is 0.229 e. The lowest BCUT2D eigenvalue weighted by Crippen LogP contribution is -2.28. The Hall–Kier alpha value is -2.22. The number of carbonyl (C=O) groups excluding carboxylic acids is 2. The highest BCUT2D eigenvalue weighted by Crippen LogP contribution is 2.30. The van der Waals surface area contributed by atoms with E-state index in [9.17, 15) is 9.59 Å². The van der Waals surface area contributed by atoms with Crippen LogP contribution in [0.5, 0.6) is 0 Å². The van der Waals surface area contributed by atoms with Crippen molar-refractivity contribution in [1.29, 1.82) is 0 Å². The van der Waals surface area contributed by atoms with Gasteiger partial charge in [-0.2, -0.15) is 0 Å². The Morgan fingerprint density at radius 3 is 2.87 bits per heavy atom. The van der Waals surface area contributed by atoms with Crippen LogP contribution >= 0.6 is 11.3 Å². The van der Waals surface area contributed by atoms with Gasteiger partial charge in [-0.05, 0) is 19.8 Å². The van der Waals surface area contributed by atoms with Crippen molar-refractivity contribution in [2.75, 3.05) is 12.4 Å². The topological polar surface area (TPSA) is 88.3 Å². The van der Waals surface area contributed by atoms with Crippen LogP contribution in [0, 0.1) is 12.8 Å². The second-order valence-electron chi connectivity index (χ2n) is 5.76. The van der Waals surface area contributed by atoms with Gasteiger partial charge in [0.05, 0.1) is 18.7 Å². The molecule has 0 aliphatic heterocycles. The van der Waals surface area contributed by atoms with Crippen LogP contribution in [0.3, 0.4) is 0 Å². The Labute approximate surface area is 137 Å². The molecular formula is C15H18N4O3S. The van der Waals surface area contributed by atoms with Gasteiger partial charge in [0.1, 0.15) is 11.5 Å². The lowest BCUT2D eigenvalue weighted by atomic mass is 10.3. The van der Waals surface area contributed by atoms with Gasteiger partial charge < -0.3 is 14.7 Å². The monoisotopic (exact) mass is 334 g/mol. The molecule has 2 aromatic rings. The summed E-state index contributed by atoms with van der Waals surface area (Å²) >= 11 is 1.34. The van der Waals surface area contributed by atoms with Gasteiger partial charge >= 0.3 is 0 Å². The van der Waals surface area contributed by atoms with Gasteiger partial charge in [-0.15, -0.1) is 11.3 Å². The van der Waals surface area contributed by atoms with E-state index in [1.54, 1.807) is 23.4 Å². The zero-order chi connectivity index (χ0) is 16.4. The fourth-order valence-electron chi connectivity index (χ4n) is 2.11. The number of amides is 2. The maximum atomic E-state index is 12.2. The van der Waals surface area contributed by atoms with E-state index in [0.717, 1.165) is 18.6 Å². The first-order valence-electron chi connectivity index (χ1n) is 7.42. The molecule has 3 rings (SSSR count). The number of hydrogen-bond acceptors (Lipinski definition) is 6. The van der Waals surface area contributed by atoms with Gasteiger partial charge in [-0.25, -0.2) is 4.98 Å². The Morgan fingerprint density at radius 2 is 2.22 bits per heavy atom. The molecule has 1 aliphatic carbocycles. The minimum atomic E-state index is -0.0592. The minimum Gasteiger partial charge on any atom is -0.361 e. The molecule has 0 aromatic carbocycles. The van der Waals surface area contributed by atoms with E-state index < -0.39 is 0 Å². The number of rotatable bonds is 6. The van der Waals surface area contributed by atoms with Crippen LogP contribution in [-0.4, -0.2) is 33.9 Å². The second kappa shape index (κ2) is 6.49. The van der Waals surface area contributed by atoms with Crippen LogP contribution < -0.4 is 5.32 Å². The number of nitrogens with zero attached hydrogens (tertiary/aromatic N) is 3. The first-order chi connectivity index (χ1) is 11.0. The summed E-state index contributed by atoms with van der Waals surface area (Å²) < 4.78 is 4.99. The number of hydrogen-bond donors (Lipinski definition) is 1. The first kappa shape index (κ1) is 15.7. The van der Waals surface area contributed by atoms with Gasteiger partial charge in [0.15, 0.2) is 5.13 Å². The highest BCUT2D eigenvalue weighted by Gasteiger charge is 2.30. The summed E-state index contributed by atoms with van der Waals surface area (Å²) in [6.07, 6.45) is 2.10. The summed E-state index contributed by atoms with van der Waals surface area (Å²) in [4.78, 5) is 29.8. The normalized spacial score (nSPS) is 13.8. The summed E-state index contributed by atoms with van der Waals surface area (Å²) in [7, 11) is 1.72. The highest BCUT2D eigenvalue weighted by molar-refractivity contribution is 7.13. The molecule has 2 aromatic heterocycles. The molecule has 23 heavy (non-hydrogen) atoms. The Morgan fingerprint density at radius 1 is 1.43 bits per heavy atom. The van der Waals surface area contributed by atoms with E-state index in [2.05, 4.69) is 15.5 Å². The summed E-state index contributed by atoms with van der Waals surface area (Å²) in [5.41, 5.74) is 1.38. The van der Waals surface area contributed by atoms with Crippen molar-refractivity contribution in [3.8, 4) is 0 Å². The molecule has 1 aliphatic rings. The third-order valence-electron chi connectivity index (χ3n) is 3.56. The lowest BCUT2D eigenvalue weighted by Gasteiger charge is -2.14. The molecule has 0 radical (unpaired) electrons. The number of anilines is 1. The first-order valence-corrected chi connectivity index (χ1v) is 8.30. The van der Waals surface area contributed by atoms with Gasteiger partial charge in [0, 0.05) is 24.4 Å². The predicted molar refractivity (Wildman–Crippen MR) is 84.9 cm³/mol. The number of nitrogens with one attached hydrogen (secondary N) is 1. The predicted octanol–water partition coefficient (Wildman–Crippen LogP) is 1.99. The van der Waals surface area contributed by atoms with E-state index in [4.69, 9.17) is 4.52 Å². The summed E-state index contributed by atoms with van der Waals surface area (Å²) in [6.45, 7) is 2.21. The number of aryl methyl sites for hydroxylation is 1. The molecule has 0 bridgehead atoms. The van der Waals surface area contributed by atoms with E-state index in [1.807, 2.05) is 6.92 Å². The van der Waals surface area contributed by atoms with E-state index in [0.29, 0.717) is 23.1 Å². The Kier molecular flexibility index (Phi) is 4.42. The molecule has 1 fully saturated rings. The van der Waals surface area contributed by atoms with E-state index in [-0.39, 0.29) is 24.2 Å².